The second-order valence-electron chi connectivity index (χ2n) is 12.0. The van der Waals surface area contributed by atoms with Crippen molar-refractivity contribution < 1.29 is 19.4 Å². The van der Waals surface area contributed by atoms with Crippen LogP contribution < -0.4 is 5.32 Å². The number of pyridine rings is 1. The maximum absolute atomic E-state index is 13.0. The highest BCUT2D eigenvalue weighted by molar-refractivity contribution is 7.99. The van der Waals surface area contributed by atoms with E-state index in [1.54, 1.807) is 18.0 Å². The zero-order valence-electron chi connectivity index (χ0n) is 27.0. The number of aliphatic hydroxyl groups excluding tert-OH is 1. The molecule has 4 aromatic carbocycles. The van der Waals surface area contributed by atoms with Gasteiger partial charge in [0.1, 0.15) is 5.69 Å². The van der Waals surface area contributed by atoms with Crippen LogP contribution in [0.15, 0.2) is 133 Å². The minimum Gasteiger partial charge on any atom is -0.392 e. The van der Waals surface area contributed by atoms with Crippen LogP contribution in [0, 0.1) is 5.92 Å². The summed E-state index contributed by atoms with van der Waals surface area (Å²) in [6.07, 6.45) is 2.45. The second kappa shape index (κ2) is 15.1. The van der Waals surface area contributed by atoms with Crippen LogP contribution >= 0.6 is 11.8 Å². The molecule has 0 saturated carbocycles. The van der Waals surface area contributed by atoms with Gasteiger partial charge in [0.05, 0.1) is 41.1 Å². The minimum absolute atomic E-state index is 0.00256. The lowest BCUT2D eigenvalue weighted by atomic mass is 9.91. The molecule has 0 aliphatic carbocycles. The van der Waals surface area contributed by atoms with E-state index in [0.717, 1.165) is 49.7 Å². The van der Waals surface area contributed by atoms with E-state index in [1.807, 2.05) is 97.1 Å². The highest BCUT2D eigenvalue weighted by atomic mass is 32.2. The number of ether oxygens (including phenoxy) is 2. The van der Waals surface area contributed by atoms with Crippen molar-refractivity contribution >= 4 is 28.7 Å². The largest absolute Gasteiger partial charge is 0.392 e. The summed E-state index contributed by atoms with van der Waals surface area (Å²) in [5, 5.41) is 13.5. The van der Waals surface area contributed by atoms with Crippen molar-refractivity contribution in [3.8, 4) is 11.1 Å². The van der Waals surface area contributed by atoms with E-state index in [-0.39, 0.29) is 36.3 Å². The van der Waals surface area contributed by atoms with Gasteiger partial charge in [-0.05, 0) is 52.1 Å². The third-order valence-electron chi connectivity index (χ3n) is 8.79. The number of carbonyl (C=O) groups is 1. The highest BCUT2D eigenvalue weighted by Crippen LogP contribution is 2.43. The number of aromatic nitrogens is 3. The van der Waals surface area contributed by atoms with E-state index in [9.17, 15) is 9.90 Å². The second-order valence-corrected chi connectivity index (χ2v) is 13.0. The van der Waals surface area contributed by atoms with Crippen LogP contribution in [-0.2, 0) is 22.6 Å². The van der Waals surface area contributed by atoms with Gasteiger partial charge in [0, 0.05) is 30.0 Å². The lowest BCUT2D eigenvalue weighted by Gasteiger charge is -2.41. The van der Waals surface area contributed by atoms with Crippen molar-refractivity contribution in [2.45, 2.75) is 43.6 Å². The molecular formula is C40H36N4O4S. The van der Waals surface area contributed by atoms with Gasteiger partial charge in [0.2, 0.25) is 0 Å². The van der Waals surface area contributed by atoms with Crippen LogP contribution in [0.3, 0.4) is 0 Å². The first kappa shape index (κ1) is 32.6. The van der Waals surface area contributed by atoms with Crippen molar-refractivity contribution in [3.05, 3.63) is 156 Å². The standard InChI is InChI=1S/C40H36N4O4S/c1-26-36(25-49-37-12-6-7-21-41-37)47-40(48-38(26)29-15-13-27(24-45)14-16-29)30-19-17-28(18-20-30)32-9-3-2-8-31(32)22-43-39(46)35-23-42-33-10-4-5-11-34(33)44-35/h2-21,23,26,36,38,40,45H,22,24-25H2,1H3,(H,43,46)/t26-,36+,38+,40+/m0/s1. The molecule has 1 saturated heterocycles. The van der Waals surface area contributed by atoms with Gasteiger partial charge in [-0.1, -0.05) is 97.9 Å². The first-order valence-corrected chi connectivity index (χ1v) is 17.3. The summed E-state index contributed by atoms with van der Waals surface area (Å²) in [4.78, 5) is 26.3. The predicted molar refractivity (Wildman–Crippen MR) is 191 cm³/mol. The number of amides is 1. The number of rotatable bonds is 10. The molecule has 9 heteroatoms. The summed E-state index contributed by atoms with van der Waals surface area (Å²) in [7, 11) is 0. The average Bonchev–Trinajstić information content (AvgIpc) is 3.17. The lowest BCUT2D eigenvalue weighted by molar-refractivity contribution is -0.268. The summed E-state index contributed by atoms with van der Waals surface area (Å²) in [6.45, 7) is 2.50. The van der Waals surface area contributed by atoms with Crippen LogP contribution in [0.5, 0.6) is 0 Å². The van der Waals surface area contributed by atoms with Crippen LogP contribution in [0.2, 0.25) is 0 Å². The van der Waals surface area contributed by atoms with Crippen LogP contribution in [0.4, 0.5) is 0 Å². The van der Waals surface area contributed by atoms with E-state index < -0.39 is 6.29 Å². The Morgan fingerprint density at radius 3 is 2.33 bits per heavy atom. The van der Waals surface area contributed by atoms with Gasteiger partial charge in [-0.2, -0.15) is 0 Å². The maximum atomic E-state index is 13.0. The monoisotopic (exact) mass is 668 g/mol. The van der Waals surface area contributed by atoms with Crippen molar-refractivity contribution in [1.82, 2.24) is 20.3 Å². The Labute approximate surface area is 289 Å². The highest BCUT2D eigenvalue weighted by Gasteiger charge is 2.38. The number of carbonyl (C=O) groups excluding carboxylic acids is 1. The van der Waals surface area contributed by atoms with E-state index in [2.05, 4.69) is 45.4 Å². The fourth-order valence-electron chi connectivity index (χ4n) is 6.02. The molecule has 1 fully saturated rings. The summed E-state index contributed by atoms with van der Waals surface area (Å²) >= 11 is 1.68. The first-order chi connectivity index (χ1) is 24.1. The van der Waals surface area contributed by atoms with Crippen molar-refractivity contribution in [3.63, 3.8) is 0 Å². The van der Waals surface area contributed by atoms with Crippen molar-refractivity contribution in [2.75, 3.05) is 5.75 Å². The summed E-state index contributed by atoms with van der Waals surface area (Å²) < 4.78 is 13.3. The number of para-hydroxylation sites is 2. The quantitative estimate of drug-likeness (QED) is 0.143. The Morgan fingerprint density at radius 2 is 1.55 bits per heavy atom. The molecule has 8 nitrogen and oxygen atoms in total. The predicted octanol–water partition coefficient (Wildman–Crippen LogP) is 7.70. The molecule has 7 rings (SSSR count). The minimum atomic E-state index is -0.570. The number of hydrogen-bond donors (Lipinski definition) is 2. The van der Waals surface area contributed by atoms with Gasteiger partial charge in [0.15, 0.2) is 6.29 Å². The van der Waals surface area contributed by atoms with E-state index in [1.165, 1.54) is 6.20 Å². The van der Waals surface area contributed by atoms with Gasteiger partial charge < -0.3 is 19.9 Å². The molecule has 2 aromatic heterocycles. The van der Waals surface area contributed by atoms with E-state index in [0.29, 0.717) is 12.1 Å². The van der Waals surface area contributed by atoms with Crippen LogP contribution in [0.25, 0.3) is 22.2 Å². The first-order valence-electron chi connectivity index (χ1n) is 16.3. The maximum Gasteiger partial charge on any atom is 0.271 e. The molecule has 6 aromatic rings. The van der Waals surface area contributed by atoms with Crippen LogP contribution in [-0.4, -0.2) is 37.8 Å². The molecule has 3 heterocycles. The zero-order valence-corrected chi connectivity index (χ0v) is 27.8. The fraction of sp³-hybridized carbons (Fsp3) is 0.200. The number of nitrogens with zero attached hydrogens (tertiary/aromatic N) is 3. The number of thioether (sulfide) groups is 1. The Morgan fingerprint density at radius 1 is 0.816 bits per heavy atom. The van der Waals surface area contributed by atoms with Gasteiger partial charge in [-0.25, -0.2) is 9.97 Å². The molecule has 1 amide bonds. The molecule has 0 unspecified atom stereocenters. The molecule has 0 radical (unpaired) electrons. The molecular weight excluding hydrogens is 633 g/mol. The SMILES string of the molecule is C[C@H]1[C@@H](CSc2ccccn2)O[C@@H](c2ccc(-c3ccccc3CNC(=O)c3cnc4ccccc4n3)cc2)O[C@H]1c1ccc(CO)cc1. The molecule has 246 valence electrons. The van der Waals surface area contributed by atoms with E-state index in [4.69, 9.17) is 9.47 Å². The molecule has 2 N–H and O–H groups in total. The van der Waals surface area contributed by atoms with Crippen molar-refractivity contribution in [1.29, 1.82) is 0 Å². The molecule has 4 atom stereocenters. The number of benzene rings is 4. The van der Waals surface area contributed by atoms with Crippen LogP contribution in [0.1, 0.15) is 52.1 Å². The molecule has 1 aliphatic rings. The van der Waals surface area contributed by atoms with Gasteiger partial charge in [-0.15, -0.1) is 11.8 Å². The number of nitrogens with one attached hydrogen (secondary N) is 1. The van der Waals surface area contributed by atoms with Gasteiger partial charge in [-0.3, -0.25) is 9.78 Å². The molecule has 1 aliphatic heterocycles. The third-order valence-corrected chi connectivity index (χ3v) is 9.82. The molecule has 0 spiro atoms. The normalized spacial score (nSPS) is 19.1. The Bertz CT molecular complexity index is 2030. The summed E-state index contributed by atoms with van der Waals surface area (Å²) in [6, 6.07) is 37.6. The summed E-state index contributed by atoms with van der Waals surface area (Å²) in [5.41, 5.74) is 7.55. The van der Waals surface area contributed by atoms with Crippen molar-refractivity contribution in [2.24, 2.45) is 5.92 Å². The molecule has 0 bridgehead atoms. The fourth-order valence-corrected chi connectivity index (χ4v) is 7.05. The third kappa shape index (κ3) is 7.55. The number of fused-ring (bicyclic) bond motifs is 1. The Balaban J connectivity index is 1.08. The summed E-state index contributed by atoms with van der Waals surface area (Å²) in [5.74, 6) is 0.528. The van der Waals surface area contributed by atoms with E-state index >= 15 is 0 Å². The topological polar surface area (TPSA) is 106 Å². The molecule has 49 heavy (non-hydrogen) atoms. The number of hydrogen-bond acceptors (Lipinski definition) is 8. The Hall–Kier alpha value is -4.93. The van der Waals surface area contributed by atoms with Gasteiger partial charge in [0.25, 0.3) is 5.91 Å². The lowest BCUT2D eigenvalue weighted by Crippen LogP contribution is -2.38. The zero-order chi connectivity index (χ0) is 33.6. The van der Waals surface area contributed by atoms with Gasteiger partial charge >= 0.3 is 0 Å². The smallest absolute Gasteiger partial charge is 0.271 e. The Kier molecular flexibility index (Phi) is 10.0. The average molecular weight is 669 g/mol. The number of aliphatic hydroxyl groups is 1.